The Morgan fingerprint density at radius 2 is 2.33 bits per heavy atom. The Morgan fingerprint density at radius 3 is 3.06 bits per heavy atom. The van der Waals surface area contributed by atoms with Crippen LogP contribution in [0.4, 0.5) is 5.69 Å². The van der Waals surface area contributed by atoms with Gasteiger partial charge < -0.3 is 15.5 Å². The normalized spacial score (nSPS) is 20.4. The van der Waals surface area contributed by atoms with E-state index in [4.69, 9.17) is 0 Å². The van der Waals surface area contributed by atoms with Crippen LogP contribution in [0.2, 0.25) is 0 Å². The summed E-state index contributed by atoms with van der Waals surface area (Å²) in [6.07, 6.45) is 0.986. The Bertz CT molecular complexity index is 419. The maximum atomic E-state index is 12.1. The molecule has 2 N–H and O–H groups in total. The summed E-state index contributed by atoms with van der Waals surface area (Å²) < 4.78 is 0. The van der Waals surface area contributed by atoms with Gasteiger partial charge in [-0.05, 0) is 38.1 Å². The van der Waals surface area contributed by atoms with Crippen LogP contribution in [-0.2, 0) is 4.79 Å². The number of rotatable bonds is 3. The van der Waals surface area contributed by atoms with Crippen molar-refractivity contribution in [1.82, 2.24) is 10.6 Å². The van der Waals surface area contributed by atoms with Crippen LogP contribution < -0.4 is 15.5 Å². The lowest BCUT2D eigenvalue weighted by Crippen LogP contribution is -2.49. The molecule has 1 aliphatic rings. The van der Waals surface area contributed by atoms with Crippen molar-refractivity contribution in [2.24, 2.45) is 0 Å². The highest BCUT2D eigenvalue weighted by atomic mass is 16.2. The van der Waals surface area contributed by atoms with Gasteiger partial charge in [0.2, 0.25) is 5.91 Å². The van der Waals surface area contributed by atoms with E-state index < -0.39 is 0 Å². The molecule has 1 aliphatic heterocycles. The molecule has 2 rings (SSSR count). The summed E-state index contributed by atoms with van der Waals surface area (Å²) in [7, 11) is 1.88. The zero-order valence-electron chi connectivity index (χ0n) is 11.1. The molecule has 1 unspecified atom stereocenters. The second-order valence-corrected chi connectivity index (χ2v) is 4.75. The van der Waals surface area contributed by atoms with Crippen molar-refractivity contribution in [2.75, 3.05) is 31.6 Å². The zero-order chi connectivity index (χ0) is 13.0. The molecule has 1 aromatic rings. The number of anilines is 1. The fraction of sp³-hybridized carbons (Fsp3) is 0.500. The van der Waals surface area contributed by atoms with Gasteiger partial charge in [0.15, 0.2) is 0 Å². The van der Waals surface area contributed by atoms with Gasteiger partial charge in [-0.15, -0.1) is 0 Å². The monoisotopic (exact) mass is 247 g/mol. The topological polar surface area (TPSA) is 44.4 Å². The van der Waals surface area contributed by atoms with Crippen LogP contribution in [0.15, 0.2) is 24.3 Å². The molecule has 4 nitrogen and oxygen atoms in total. The van der Waals surface area contributed by atoms with E-state index in [1.54, 1.807) is 0 Å². The van der Waals surface area contributed by atoms with Gasteiger partial charge in [0.1, 0.15) is 6.04 Å². The molecule has 18 heavy (non-hydrogen) atoms. The Morgan fingerprint density at radius 1 is 1.50 bits per heavy atom. The van der Waals surface area contributed by atoms with Crippen LogP contribution in [0.25, 0.3) is 0 Å². The first kappa shape index (κ1) is 12.9. The van der Waals surface area contributed by atoms with Gasteiger partial charge in [-0.3, -0.25) is 4.79 Å². The second kappa shape index (κ2) is 5.87. The number of amides is 1. The van der Waals surface area contributed by atoms with Gasteiger partial charge in [0, 0.05) is 25.3 Å². The number of nitrogens with zero attached hydrogens (tertiary/aromatic N) is 1. The number of carbonyl (C=O) groups excluding carboxylic acids is 1. The number of benzene rings is 1. The number of nitrogens with one attached hydrogen (secondary N) is 2. The molecular formula is C14H21N3O. The van der Waals surface area contributed by atoms with Crippen LogP contribution in [0.1, 0.15) is 12.0 Å². The highest BCUT2D eigenvalue weighted by Gasteiger charge is 2.27. The average molecular weight is 247 g/mol. The Kier molecular flexibility index (Phi) is 4.20. The maximum absolute atomic E-state index is 12.1. The van der Waals surface area contributed by atoms with E-state index in [-0.39, 0.29) is 11.9 Å². The Hall–Kier alpha value is -1.55. The molecule has 1 atom stereocenters. The highest BCUT2D eigenvalue weighted by Crippen LogP contribution is 2.20. The third-order valence-corrected chi connectivity index (χ3v) is 3.28. The minimum atomic E-state index is -0.126. The summed E-state index contributed by atoms with van der Waals surface area (Å²) in [6.45, 7) is 4.42. The molecule has 0 spiro atoms. The molecule has 0 bridgehead atoms. The lowest BCUT2D eigenvalue weighted by Gasteiger charge is -2.30. The number of hydrogen-bond acceptors (Lipinski definition) is 3. The van der Waals surface area contributed by atoms with Crippen molar-refractivity contribution in [1.29, 1.82) is 0 Å². The van der Waals surface area contributed by atoms with Crippen LogP contribution in [0.3, 0.4) is 0 Å². The van der Waals surface area contributed by atoms with E-state index in [1.807, 2.05) is 13.1 Å². The summed E-state index contributed by atoms with van der Waals surface area (Å²) in [5, 5.41) is 6.08. The number of likely N-dealkylation sites (N-methyl/N-ethyl adjacent to an activating group) is 1. The molecule has 1 amide bonds. The van der Waals surface area contributed by atoms with E-state index in [2.05, 4.69) is 40.7 Å². The quantitative estimate of drug-likeness (QED) is 0.834. The summed E-state index contributed by atoms with van der Waals surface area (Å²) in [4.78, 5) is 14.3. The first-order valence-corrected chi connectivity index (χ1v) is 6.48. The van der Waals surface area contributed by atoms with Crippen molar-refractivity contribution in [3.05, 3.63) is 29.8 Å². The zero-order valence-corrected chi connectivity index (χ0v) is 11.1. The molecule has 98 valence electrons. The third-order valence-electron chi connectivity index (χ3n) is 3.28. The predicted octanol–water partition coefficient (Wildman–Crippen LogP) is 0.909. The van der Waals surface area contributed by atoms with Crippen LogP contribution >= 0.6 is 0 Å². The van der Waals surface area contributed by atoms with Crippen LogP contribution in [0, 0.1) is 6.92 Å². The summed E-state index contributed by atoms with van der Waals surface area (Å²) in [5.74, 6) is 0.114. The van der Waals surface area contributed by atoms with Crippen molar-refractivity contribution >= 4 is 11.6 Å². The second-order valence-electron chi connectivity index (χ2n) is 4.75. The smallest absolute Gasteiger partial charge is 0.244 e. The van der Waals surface area contributed by atoms with Gasteiger partial charge in [0.05, 0.1) is 0 Å². The highest BCUT2D eigenvalue weighted by molar-refractivity contribution is 5.86. The van der Waals surface area contributed by atoms with Crippen molar-refractivity contribution in [2.45, 2.75) is 19.4 Å². The van der Waals surface area contributed by atoms with E-state index >= 15 is 0 Å². The maximum Gasteiger partial charge on any atom is 0.244 e. The van der Waals surface area contributed by atoms with E-state index in [0.29, 0.717) is 6.54 Å². The number of carbonyl (C=O) groups is 1. The van der Waals surface area contributed by atoms with Crippen molar-refractivity contribution in [3.63, 3.8) is 0 Å². The standard InChI is InChI=1S/C14H21N3O/c1-11-5-3-6-12(9-11)17-8-4-7-16-14(18)13(17)10-15-2/h3,5-6,9,13,15H,4,7-8,10H2,1-2H3,(H,16,18). The molecule has 0 saturated carbocycles. The summed E-state index contributed by atoms with van der Waals surface area (Å²) in [5.41, 5.74) is 2.35. The minimum absolute atomic E-state index is 0.114. The van der Waals surface area contributed by atoms with Gasteiger partial charge in [-0.25, -0.2) is 0 Å². The molecule has 1 heterocycles. The molecule has 1 aromatic carbocycles. The first-order chi connectivity index (χ1) is 8.72. The average Bonchev–Trinajstić information content (AvgIpc) is 2.53. The third kappa shape index (κ3) is 2.82. The fourth-order valence-corrected chi connectivity index (χ4v) is 2.39. The van der Waals surface area contributed by atoms with Crippen LogP contribution in [-0.4, -0.2) is 38.6 Å². The molecule has 0 radical (unpaired) electrons. The molecule has 0 aromatic heterocycles. The first-order valence-electron chi connectivity index (χ1n) is 6.48. The summed E-state index contributed by atoms with van der Waals surface area (Å²) >= 11 is 0. The van der Waals surface area contributed by atoms with E-state index in [1.165, 1.54) is 5.56 Å². The lowest BCUT2D eigenvalue weighted by atomic mass is 10.1. The fourth-order valence-electron chi connectivity index (χ4n) is 2.39. The van der Waals surface area contributed by atoms with Gasteiger partial charge in [-0.2, -0.15) is 0 Å². The summed E-state index contributed by atoms with van der Waals surface area (Å²) in [6, 6.07) is 8.22. The largest absolute Gasteiger partial charge is 0.358 e. The van der Waals surface area contributed by atoms with Gasteiger partial charge >= 0.3 is 0 Å². The van der Waals surface area contributed by atoms with Crippen molar-refractivity contribution < 1.29 is 4.79 Å². The Balaban J connectivity index is 2.28. The SMILES string of the molecule is CNCC1C(=O)NCCCN1c1cccc(C)c1. The van der Waals surface area contributed by atoms with Crippen molar-refractivity contribution in [3.8, 4) is 0 Å². The molecule has 1 saturated heterocycles. The predicted molar refractivity (Wildman–Crippen MR) is 73.9 cm³/mol. The van der Waals surface area contributed by atoms with E-state index in [0.717, 1.165) is 25.2 Å². The molecule has 4 heteroatoms. The molecule has 1 fully saturated rings. The lowest BCUT2D eigenvalue weighted by molar-refractivity contribution is -0.121. The number of hydrogen-bond donors (Lipinski definition) is 2. The number of aryl methyl sites for hydroxylation is 1. The van der Waals surface area contributed by atoms with Gasteiger partial charge in [-0.1, -0.05) is 12.1 Å². The molecular weight excluding hydrogens is 226 g/mol. The molecule has 0 aliphatic carbocycles. The van der Waals surface area contributed by atoms with Gasteiger partial charge in [0.25, 0.3) is 0 Å². The van der Waals surface area contributed by atoms with Crippen LogP contribution in [0.5, 0.6) is 0 Å². The minimum Gasteiger partial charge on any atom is -0.358 e. The Labute approximate surface area is 108 Å². The van der Waals surface area contributed by atoms with E-state index in [9.17, 15) is 4.79 Å².